The van der Waals surface area contributed by atoms with Crippen LogP contribution in [0.1, 0.15) is 58.3 Å². The molecule has 0 aromatic heterocycles. The smallest absolute Gasteiger partial charge is 0.246 e. The molecule has 142 valence electrons. The van der Waals surface area contributed by atoms with Gasteiger partial charge in [-0.3, -0.25) is 10.1 Å². The Hall–Kier alpha value is -2.49. The topological polar surface area (TPSA) is 60.2 Å². The van der Waals surface area contributed by atoms with Gasteiger partial charge in [-0.15, -0.1) is 0 Å². The van der Waals surface area contributed by atoms with E-state index in [1.54, 1.807) is 6.08 Å². The highest BCUT2D eigenvalue weighted by Crippen LogP contribution is 2.06. The molecule has 0 saturated carbocycles. The van der Waals surface area contributed by atoms with Gasteiger partial charge >= 0.3 is 0 Å². The van der Waals surface area contributed by atoms with Crippen molar-refractivity contribution in [1.82, 2.24) is 0 Å². The number of nitrogens with zero attached hydrogens (tertiary/aromatic N) is 1. The van der Waals surface area contributed by atoms with Crippen molar-refractivity contribution >= 4 is 6.29 Å². The summed E-state index contributed by atoms with van der Waals surface area (Å²) in [5, 5.41) is 11.0. The third-order valence-electron chi connectivity index (χ3n) is 3.39. The maximum absolute atomic E-state index is 11.0. The van der Waals surface area contributed by atoms with Crippen molar-refractivity contribution in [3.63, 3.8) is 0 Å². The minimum atomic E-state index is -0.307. The van der Waals surface area contributed by atoms with Gasteiger partial charge < -0.3 is 4.79 Å². The van der Waals surface area contributed by atoms with Crippen molar-refractivity contribution in [3.8, 4) is 0 Å². The molecule has 26 heavy (non-hydrogen) atoms. The van der Waals surface area contributed by atoms with Crippen LogP contribution in [0, 0.1) is 10.1 Å². The molecule has 0 atom stereocenters. The molecule has 0 N–H and O–H groups in total. The summed E-state index contributed by atoms with van der Waals surface area (Å²) < 4.78 is 0. The van der Waals surface area contributed by atoms with Crippen LogP contribution >= 0.6 is 0 Å². The monoisotopic (exact) mass is 357 g/mol. The van der Waals surface area contributed by atoms with Crippen molar-refractivity contribution < 1.29 is 9.72 Å². The summed E-state index contributed by atoms with van der Waals surface area (Å²) >= 11 is 0. The fourth-order valence-corrected chi connectivity index (χ4v) is 2.00. The van der Waals surface area contributed by atoms with E-state index in [2.05, 4.69) is 30.4 Å². The van der Waals surface area contributed by atoms with Gasteiger partial charge in [-0.25, -0.2) is 0 Å². The first kappa shape index (κ1) is 23.5. The lowest BCUT2D eigenvalue weighted by Gasteiger charge is -1.93. The van der Waals surface area contributed by atoms with Crippen molar-refractivity contribution in [2.24, 2.45) is 0 Å². The second-order valence-corrected chi connectivity index (χ2v) is 5.61. The maximum Gasteiger partial charge on any atom is 0.246 e. The van der Waals surface area contributed by atoms with Crippen molar-refractivity contribution in [2.75, 3.05) is 0 Å². The first-order chi connectivity index (χ1) is 12.7. The molecule has 0 heterocycles. The summed E-state index contributed by atoms with van der Waals surface area (Å²) in [5.74, 6) is 0. The SMILES string of the molecule is CC/C=C/C/C=C(/C/C=C/C/C=C/C/C=C/C/C=C/CCC=O)[N+](=O)[O-]. The van der Waals surface area contributed by atoms with Gasteiger partial charge in [-0.2, -0.15) is 0 Å². The molecule has 0 rings (SSSR count). The summed E-state index contributed by atoms with van der Waals surface area (Å²) in [5.41, 5.74) is 0.245. The number of rotatable bonds is 15. The third kappa shape index (κ3) is 16.4. The highest BCUT2D eigenvalue weighted by Gasteiger charge is 2.06. The molecule has 0 fully saturated rings. The standard InChI is InChI=1S/C22H31NO3/c1-2-3-4-16-19-22(23(25)26)20-17-14-12-10-8-6-5-7-9-11-13-15-18-21-24/h3-5,7-8,10-11,13-14,17,19,21H,2,6,9,12,15-16,18,20H2,1H3/b4-3+,7-5+,10-8+,13-11+,17-14+,22-19-. The molecule has 0 unspecified atom stereocenters. The predicted molar refractivity (Wildman–Crippen MR) is 109 cm³/mol. The van der Waals surface area contributed by atoms with E-state index < -0.39 is 0 Å². The number of carbonyl (C=O) groups excluding carboxylic acids is 1. The Morgan fingerprint density at radius 1 is 0.769 bits per heavy atom. The van der Waals surface area contributed by atoms with E-state index in [1.165, 1.54) is 0 Å². The molecule has 0 spiro atoms. The number of hydrogen-bond acceptors (Lipinski definition) is 3. The molecule has 0 bridgehead atoms. The Labute approximate surface area is 157 Å². The fraction of sp³-hybridized carbons (Fsp3) is 0.409. The van der Waals surface area contributed by atoms with Crippen LogP contribution in [0.25, 0.3) is 0 Å². The molecule has 0 aliphatic heterocycles. The van der Waals surface area contributed by atoms with Crippen molar-refractivity contribution in [2.45, 2.75) is 58.3 Å². The van der Waals surface area contributed by atoms with E-state index in [1.807, 2.05) is 37.3 Å². The molecule has 0 radical (unpaired) electrons. The summed E-state index contributed by atoms with van der Waals surface area (Å²) in [6, 6.07) is 0. The molecule has 0 saturated heterocycles. The minimum absolute atomic E-state index is 0.245. The van der Waals surface area contributed by atoms with Crippen LogP contribution in [0.4, 0.5) is 0 Å². The number of unbranched alkanes of at least 4 members (excludes halogenated alkanes) is 1. The highest BCUT2D eigenvalue weighted by molar-refractivity contribution is 5.49. The quantitative estimate of drug-likeness (QED) is 0.114. The largest absolute Gasteiger partial charge is 0.303 e. The second-order valence-electron chi connectivity index (χ2n) is 5.61. The van der Waals surface area contributed by atoms with E-state index in [-0.39, 0.29) is 10.6 Å². The van der Waals surface area contributed by atoms with E-state index in [0.717, 1.165) is 38.4 Å². The van der Waals surface area contributed by atoms with Gasteiger partial charge in [0.2, 0.25) is 5.70 Å². The molecule has 0 aromatic rings. The molecule has 0 amide bonds. The molecular weight excluding hydrogens is 326 g/mol. The zero-order chi connectivity index (χ0) is 19.3. The zero-order valence-electron chi connectivity index (χ0n) is 15.8. The lowest BCUT2D eigenvalue weighted by atomic mass is 10.2. The molecule has 4 nitrogen and oxygen atoms in total. The van der Waals surface area contributed by atoms with Gasteiger partial charge in [-0.1, -0.05) is 67.7 Å². The Morgan fingerprint density at radius 2 is 1.31 bits per heavy atom. The van der Waals surface area contributed by atoms with Crippen LogP contribution in [0.2, 0.25) is 0 Å². The molecule has 0 aromatic carbocycles. The summed E-state index contributed by atoms with van der Waals surface area (Å²) in [4.78, 5) is 20.8. The summed E-state index contributed by atoms with van der Waals surface area (Å²) in [6.07, 6.45) is 28.6. The zero-order valence-corrected chi connectivity index (χ0v) is 15.8. The lowest BCUT2D eigenvalue weighted by molar-refractivity contribution is -0.427. The first-order valence-corrected chi connectivity index (χ1v) is 9.24. The molecular formula is C22H31NO3. The van der Waals surface area contributed by atoms with Crippen LogP contribution < -0.4 is 0 Å². The van der Waals surface area contributed by atoms with Crippen LogP contribution in [-0.4, -0.2) is 11.2 Å². The maximum atomic E-state index is 11.0. The number of hydrogen-bond donors (Lipinski definition) is 0. The number of aldehydes is 1. The molecule has 0 aliphatic rings. The van der Waals surface area contributed by atoms with E-state index in [9.17, 15) is 14.9 Å². The van der Waals surface area contributed by atoms with Gasteiger partial charge in [0.05, 0.1) is 11.3 Å². The molecule has 0 aliphatic carbocycles. The van der Waals surface area contributed by atoms with Gasteiger partial charge in [0.1, 0.15) is 6.29 Å². The normalized spacial score (nSPS) is 13.2. The Morgan fingerprint density at radius 3 is 1.85 bits per heavy atom. The average Bonchev–Trinajstić information content (AvgIpc) is 2.63. The first-order valence-electron chi connectivity index (χ1n) is 9.24. The van der Waals surface area contributed by atoms with E-state index in [0.29, 0.717) is 19.3 Å². The number of nitro groups is 1. The lowest BCUT2D eigenvalue weighted by Crippen LogP contribution is -1.97. The van der Waals surface area contributed by atoms with Gasteiger partial charge in [-0.05, 0) is 44.6 Å². The fourth-order valence-electron chi connectivity index (χ4n) is 2.00. The van der Waals surface area contributed by atoms with Gasteiger partial charge in [0.15, 0.2) is 0 Å². The van der Waals surface area contributed by atoms with Gasteiger partial charge in [0, 0.05) is 6.42 Å². The van der Waals surface area contributed by atoms with Crippen molar-refractivity contribution in [3.05, 3.63) is 82.6 Å². The minimum Gasteiger partial charge on any atom is -0.303 e. The number of carbonyl (C=O) groups is 1. The van der Waals surface area contributed by atoms with Crippen molar-refractivity contribution in [1.29, 1.82) is 0 Å². The second kappa shape index (κ2) is 18.8. The third-order valence-corrected chi connectivity index (χ3v) is 3.39. The summed E-state index contributed by atoms with van der Waals surface area (Å²) in [7, 11) is 0. The number of allylic oxidation sites excluding steroid dienone is 11. The summed E-state index contributed by atoms with van der Waals surface area (Å²) in [6.45, 7) is 2.04. The predicted octanol–water partition coefficient (Wildman–Crippen LogP) is 6.27. The molecule has 4 heteroatoms. The van der Waals surface area contributed by atoms with E-state index in [4.69, 9.17) is 0 Å². The Kier molecular flexibility index (Phi) is 17.0. The Bertz CT molecular complexity index is 552. The van der Waals surface area contributed by atoms with Crippen LogP contribution in [0.5, 0.6) is 0 Å². The Balaban J connectivity index is 3.94. The van der Waals surface area contributed by atoms with Gasteiger partial charge in [0.25, 0.3) is 0 Å². The highest BCUT2D eigenvalue weighted by atomic mass is 16.6. The van der Waals surface area contributed by atoms with Crippen LogP contribution in [-0.2, 0) is 4.79 Å². The van der Waals surface area contributed by atoms with Crippen LogP contribution in [0.15, 0.2) is 72.5 Å². The van der Waals surface area contributed by atoms with E-state index >= 15 is 0 Å². The van der Waals surface area contributed by atoms with Crippen LogP contribution in [0.3, 0.4) is 0 Å². The average molecular weight is 357 g/mol.